The van der Waals surface area contributed by atoms with E-state index in [1.54, 1.807) is 18.2 Å². The van der Waals surface area contributed by atoms with Gasteiger partial charge in [-0.05, 0) is 36.8 Å². The molecule has 0 radical (unpaired) electrons. The van der Waals surface area contributed by atoms with E-state index in [0.717, 1.165) is 11.1 Å². The van der Waals surface area contributed by atoms with Crippen LogP contribution in [0.4, 0.5) is 4.39 Å². The lowest BCUT2D eigenvalue weighted by Crippen LogP contribution is -2.22. The number of carbonyl (C=O) groups is 1. The van der Waals surface area contributed by atoms with Crippen LogP contribution in [-0.4, -0.2) is 5.91 Å². The van der Waals surface area contributed by atoms with Crippen LogP contribution in [0, 0.1) is 12.7 Å². The standard InChI is InChI=1S/C15H13ClFNO/c1-10-2-5-12(6-3-10)15(19)18-9-11-4-7-14(17)13(16)8-11/h2-8H,9H2,1H3,(H,18,19). The Morgan fingerprint density at radius 2 is 1.89 bits per heavy atom. The lowest BCUT2D eigenvalue weighted by molar-refractivity contribution is 0.0951. The number of halogens is 2. The first kappa shape index (κ1) is 13.6. The summed E-state index contributed by atoms with van der Waals surface area (Å²) in [6.45, 7) is 2.27. The molecule has 2 nitrogen and oxygen atoms in total. The molecule has 1 amide bonds. The topological polar surface area (TPSA) is 29.1 Å². The maximum absolute atomic E-state index is 13.0. The van der Waals surface area contributed by atoms with Gasteiger partial charge in [0.2, 0.25) is 0 Å². The summed E-state index contributed by atoms with van der Waals surface area (Å²) in [5, 5.41) is 2.82. The number of hydrogen-bond acceptors (Lipinski definition) is 1. The molecule has 0 bridgehead atoms. The minimum atomic E-state index is -0.463. The molecular formula is C15H13ClFNO. The van der Waals surface area contributed by atoms with Gasteiger partial charge in [0.15, 0.2) is 0 Å². The van der Waals surface area contributed by atoms with E-state index in [4.69, 9.17) is 11.6 Å². The molecule has 0 aliphatic carbocycles. The van der Waals surface area contributed by atoms with Crippen LogP contribution in [0.3, 0.4) is 0 Å². The molecule has 0 saturated carbocycles. The van der Waals surface area contributed by atoms with Crippen molar-refractivity contribution in [2.75, 3.05) is 0 Å². The molecule has 2 rings (SSSR count). The second kappa shape index (κ2) is 5.85. The van der Waals surface area contributed by atoms with E-state index in [-0.39, 0.29) is 10.9 Å². The number of hydrogen-bond donors (Lipinski definition) is 1. The lowest BCUT2D eigenvalue weighted by Gasteiger charge is -2.06. The van der Waals surface area contributed by atoms with Crippen molar-refractivity contribution in [1.82, 2.24) is 5.32 Å². The molecule has 0 atom stereocenters. The van der Waals surface area contributed by atoms with Crippen molar-refractivity contribution in [2.45, 2.75) is 13.5 Å². The molecule has 0 aromatic heterocycles. The van der Waals surface area contributed by atoms with Gasteiger partial charge in [-0.1, -0.05) is 35.4 Å². The van der Waals surface area contributed by atoms with Gasteiger partial charge in [0.05, 0.1) is 5.02 Å². The Kier molecular flexibility index (Phi) is 4.17. The molecule has 0 fully saturated rings. The normalized spacial score (nSPS) is 10.3. The molecule has 0 aliphatic rings. The summed E-state index contributed by atoms with van der Waals surface area (Å²) >= 11 is 5.68. The molecule has 2 aromatic carbocycles. The monoisotopic (exact) mass is 277 g/mol. The second-order valence-corrected chi connectivity index (χ2v) is 4.70. The van der Waals surface area contributed by atoms with Crippen LogP contribution >= 0.6 is 11.6 Å². The zero-order valence-electron chi connectivity index (χ0n) is 10.4. The zero-order valence-corrected chi connectivity index (χ0v) is 11.2. The molecule has 0 heterocycles. The van der Waals surface area contributed by atoms with Crippen LogP contribution < -0.4 is 5.32 Å². The third kappa shape index (κ3) is 3.55. The van der Waals surface area contributed by atoms with E-state index in [0.29, 0.717) is 12.1 Å². The minimum Gasteiger partial charge on any atom is -0.348 e. The summed E-state index contributed by atoms with van der Waals surface area (Å²) < 4.78 is 13.0. The fraction of sp³-hybridized carbons (Fsp3) is 0.133. The van der Waals surface area contributed by atoms with Gasteiger partial charge >= 0.3 is 0 Å². The summed E-state index contributed by atoms with van der Waals surface area (Å²) in [7, 11) is 0. The zero-order chi connectivity index (χ0) is 13.8. The van der Waals surface area contributed by atoms with Gasteiger partial charge in [-0.15, -0.1) is 0 Å². The largest absolute Gasteiger partial charge is 0.348 e. The summed E-state index contributed by atoms with van der Waals surface area (Å²) in [6.07, 6.45) is 0. The van der Waals surface area contributed by atoms with Crippen molar-refractivity contribution >= 4 is 17.5 Å². The quantitative estimate of drug-likeness (QED) is 0.910. The predicted molar refractivity (Wildman–Crippen MR) is 73.8 cm³/mol. The highest BCUT2D eigenvalue weighted by Gasteiger charge is 2.06. The summed E-state index contributed by atoms with van der Waals surface area (Å²) in [5.74, 6) is -0.629. The van der Waals surface area contributed by atoms with Gasteiger partial charge in [0.25, 0.3) is 5.91 Å². The first-order valence-electron chi connectivity index (χ1n) is 5.85. The molecule has 0 unspecified atom stereocenters. The molecule has 98 valence electrons. The minimum absolute atomic E-state index is 0.0575. The van der Waals surface area contributed by atoms with E-state index in [2.05, 4.69) is 5.32 Å². The Labute approximate surface area is 116 Å². The fourth-order valence-corrected chi connectivity index (χ4v) is 1.84. The maximum atomic E-state index is 13.0. The van der Waals surface area contributed by atoms with Crippen LogP contribution in [0.25, 0.3) is 0 Å². The first-order valence-corrected chi connectivity index (χ1v) is 6.23. The van der Waals surface area contributed by atoms with Gasteiger partial charge < -0.3 is 5.32 Å². The number of amides is 1. The van der Waals surface area contributed by atoms with Crippen molar-refractivity contribution in [1.29, 1.82) is 0 Å². The number of carbonyl (C=O) groups excluding carboxylic acids is 1. The van der Waals surface area contributed by atoms with Crippen LogP contribution in [0.5, 0.6) is 0 Å². The van der Waals surface area contributed by atoms with Crippen molar-refractivity contribution in [3.63, 3.8) is 0 Å². The molecule has 0 spiro atoms. The second-order valence-electron chi connectivity index (χ2n) is 4.30. The molecule has 0 aliphatic heterocycles. The van der Waals surface area contributed by atoms with Crippen LogP contribution in [0.2, 0.25) is 5.02 Å². The van der Waals surface area contributed by atoms with Gasteiger partial charge in [0, 0.05) is 12.1 Å². The molecular weight excluding hydrogens is 265 g/mol. The van der Waals surface area contributed by atoms with Crippen LogP contribution in [-0.2, 0) is 6.54 Å². The van der Waals surface area contributed by atoms with Crippen LogP contribution in [0.1, 0.15) is 21.5 Å². The SMILES string of the molecule is Cc1ccc(C(=O)NCc2ccc(F)c(Cl)c2)cc1. The molecule has 19 heavy (non-hydrogen) atoms. The molecule has 4 heteroatoms. The van der Waals surface area contributed by atoms with Crippen molar-refractivity contribution in [3.05, 3.63) is 70.0 Å². The van der Waals surface area contributed by atoms with Gasteiger partial charge in [-0.25, -0.2) is 4.39 Å². The van der Waals surface area contributed by atoms with Crippen molar-refractivity contribution in [3.8, 4) is 0 Å². The first-order chi connectivity index (χ1) is 9.06. The average Bonchev–Trinajstić information content (AvgIpc) is 2.40. The highest BCUT2D eigenvalue weighted by atomic mass is 35.5. The van der Waals surface area contributed by atoms with Gasteiger partial charge in [0.1, 0.15) is 5.82 Å². The summed E-state index contributed by atoms with van der Waals surface area (Å²) in [5.41, 5.74) is 2.45. The average molecular weight is 278 g/mol. The smallest absolute Gasteiger partial charge is 0.251 e. The van der Waals surface area contributed by atoms with Crippen molar-refractivity contribution in [2.24, 2.45) is 0 Å². The Bertz CT molecular complexity index is 596. The van der Waals surface area contributed by atoms with E-state index in [9.17, 15) is 9.18 Å². The van der Waals surface area contributed by atoms with Crippen molar-refractivity contribution < 1.29 is 9.18 Å². The molecule has 0 saturated heterocycles. The van der Waals surface area contributed by atoms with E-state index in [1.807, 2.05) is 19.1 Å². The van der Waals surface area contributed by atoms with E-state index < -0.39 is 5.82 Å². The third-order valence-corrected chi connectivity index (χ3v) is 3.04. The highest BCUT2D eigenvalue weighted by Crippen LogP contribution is 2.15. The number of rotatable bonds is 3. The Hall–Kier alpha value is -1.87. The van der Waals surface area contributed by atoms with Crippen LogP contribution in [0.15, 0.2) is 42.5 Å². The fourth-order valence-electron chi connectivity index (χ4n) is 1.64. The van der Waals surface area contributed by atoms with Gasteiger partial charge in [-0.2, -0.15) is 0 Å². The summed E-state index contributed by atoms with van der Waals surface area (Å²) in [6, 6.07) is 11.7. The number of benzene rings is 2. The number of nitrogens with one attached hydrogen (secondary N) is 1. The van der Waals surface area contributed by atoms with E-state index >= 15 is 0 Å². The maximum Gasteiger partial charge on any atom is 0.251 e. The lowest BCUT2D eigenvalue weighted by atomic mass is 10.1. The predicted octanol–water partition coefficient (Wildman–Crippen LogP) is 3.72. The molecule has 1 N–H and O–H groups in total. The highest BCUT2D eigenvalue weighted by molar-refractivity contribution is 6.30. The number of aryl methyl sites for hydroxylation is 1. The Morgan fingerprint density at radius 3 is 2.53 bits per heavy atom. The third-order valence-electron chi connectivity index (χ3n) is 2.75. The van der Waals surface area contributed by atoms with E-state index in [1.165, 1.54) is 12.1 Å². The summed E-state index contributed by atoms with van der Waals surface area (Å²) in [4.78, 5) is 11.9. The Balaban J connectivity index is 2.00. The van der Waals surface area contributed by atoms with Gasteiger partial charge in [-0.3, -0.25) is 4.79 Å². The Morgan fingerprint density at radius 1 is 1.21 bits per heavy atom. The molecule has 2 aromatic rings.